The van der Waals surface area contributed by atoms with E-state index in [1.165, 1.54) is 0 Å². The summed E-state index contributed by atoms with van der Waals surface area (Å²) in [6, 6.07) is 5.62. The van der Waals surface area contributed by atoms with Crippen molar-refractivity contribution in [3.63, 3.8) is 0 Å². The molecule has 2 N–H and O–H groups in total. The molecule has 0 bridgehead atoms. The van der Waals surface area contributed by atoms with Crippen LogP contribution < -0.4 is 10.5 Å². The van der Waals surface area contributed by atoms with E-state index >= 15 is 0 Å². The molecule has 0 aliphatic carbocycles. The summed E-state index contributed by atoms with van der Waals surface area (Å²) in [6.45, 7) is 4.22. The van der Waals surface area contributed by atoms with Crippen molar-refractivity contribution in [2.24, 2.45) is 11.7 Å². The van der Waals surface area contributed by atoms with Crippen molar-refractivity contribution in [3.05, 3.63) is 29.3 Å². The molecule has 1 aromatic rings. The van der Waals surface area contributed by atoms with Gasteiger partial charge in [-0.2, -0.15) is 0 Å². The molecule has 0 aromatic heterocycles. The minimum absolute atomic E-state index is 0.0800. The van der Waals surface area contributed by atoms with Crippen molar-refractivity contribution in [2.45, 2.75) is 19.8 Å². The van der Waals surface area contributed by atoms with Gasteiger partial charge in [-0.3, -0.25) is 4.79 Å². The van der Waals surface area contributed by atoms with Crippen LogP contribution in [0.4, 0.5) is 0 Å². The fraction of sp³-hybridized carbons (Fsp3) is 0.533. The van der Waals surface area contributed by atoms with Crippen molar-refractivity contribution in [1.29, 1.82) is 0 Å². The van der Waals surface area contributed by atoms with Gasteiger partial charge in [0.2, 0.25) is 0 Å². The van der Waals surface area contributed by atoms with Crippen LogP contribution in [0.1, 0.15) is 28.8 Å². The van der Waals surface area contributed by atoms with Crippen molar-refractivity contribution >= 4 is 5.91 Å². The van der Waals surface area contributed by atoms with Crippen LogP contribution >= 0.6 is 0 Å². The number of hydrogen-bond acceptors (Lipinski definition) is 3. The molecule has 1 aliphatic heterocycles. The summed E-state index contributed by atoms with van der Waals surface area (Å²) in [4.78, 5) is 14.4. The Labute approximate surface area is 114 Å². The van der Waals surface area contributed by atoms with Crippen LogP contribution in [-0.4, -0.2) is 37.6 Å². The number of hydrogen-bond donors (Lipinski definition) is 1. The van der Waals surface area contributed by atoms with Gasteiger partial charge >= 0.3 is 0 Å². The summed E-state index contributed by atoms with van der Waals surface area (Å²) in [5.74, 6) is 1.28. The van der Waals surface area contributed by atoms with Crippen molar-refractivity contribution in [3.8, 4) is 5.75 Å². The van der Waals surface area contributed by atoms with E-state index < -0.39 is 0 Å². The molecule has 0 saturated carbocycles. The van der Waals surface area contributed by atoms with E-state index in [0.717, 1.165) is 37.2 Å². The predicted molar refractivity (Wildman–Crippen MR) is 75.4 cm³/mol. The Bertz CT molecular complexity index is 459. The summed E-state index contributed by atoms with van der Waals surface area (Å²) >= 11 is 0. The predicted octanol–water partition coefficient (Wildman–Crippen LogP) is 1.81. The second-order valence-corrected chi connectivity index (χ2v) is 5.18. The number of benzene rings is 1. The standard InChI is InChI=1S/C15H22N2O2/c1-11-5-6-13(8-14(11)19-2)15(18)17-7-3-4-12(9-16)10-17/h5-6,8,12H,3-4,7,9-10,16H2,1-2H3. The monoisotopic (exact) mass is 262 g/mol. The highest BCUT2D eigenvalue weighted by Gasteiger charge is 2.23. The third-order valence-electron chi connectivity index (χ3n) is 3.79. The Hall–Kier alpha value is -1.55. The number of aryl methyl sites for hydroxylation is 1. The second kappa shape index (κ2) is 6.06. The van der Waals surface area contributed by atoms with Crippen molar-refractivity contribution in [2.75, 3.05) is 26.7 Å². The normalized spacial score (nSPS) is 19.3. The minimum Gasteiger partial charge on any atom is -0.496 e. The van der Waals surface area contributed by atoms with Crippen molar-refractivity contribution in [1.82, 2.24) is 4.90 Å². The summed E-state index contributed by atoms with van der Waals surface area (Å²) in [7, 11) is 1.63. The van der Waals surface area contributed by atoms with Gasteiger partial charge < -0.3 is 15.4 Å². The van der Waals surface area contributed by atoms with Crippen LogP contribution in [0.25, 0.3) is 0 Å². The van der Waals surface area contributed by atoms with Gasteiger partial charge in [0.1, 0.15) is 5.75 Å². The lowest BCUT2D eigenvalue weighted by Crippen LogP contribution is -2.42. The lowest BCUT2D eigenvalue weighted by Gasteiger charge is -2.32. The van der Waals surface area contributed by atoms with E-state index in [-0.39, 0.29) is 5.91 Å². The fourth-order valence-corrected chi connectivity index (χ4v) is 2.58. The molecule has 0 spiro atoms. The van der Waals surface area contributed by atoms with Gasteiger partial charge in [0.25, 0.3) is 5.91 Å². The third kappa shape index (κ3) is 3.07. The Morgan fingerprint density at radius 3 is 3.00 bits per heavy atom. The quantitative estimate of drug-likeness (QED) is 0.904. The Morgan fingerprint density at radius 2 is 2.32 bits per heavy atom. The van der Waals surface area contributed by atoms with E-state index in [1.54, 1.807) is 7.11 Å². The molecule has 19 heavy (non-hydrogen) atoms. The summed E-state index contributed by atoms with van der Waals surface area (Å²) in [5, 5.41) is 0. The second-order valence-electron chi connectivity index (χ2n) is 5.18. The highest BCUT2D eigenvalue weighted by Crippen LogP contribution is 2.22. The van der Waals surface area contributed by atoms with Gasteiger partial charge in [0, 0.05) is 18.7 Å². The Balaban J connectivity index is 2.14. The average molecular weight is 262 g/mol. The molecule has 1 aliphatic rings. The van der Waals surface area contributed by atoms with E-state index in [1.807, 2.05) is 30.0 Å². The third-order valence-corrected chi connectivity index (χ3v) is 3.79. The number of methoxy groups -OCH3 is 1. The van der Waals surface area contributed by atoms with Gasteiger partial charge in [-0.1, -0.05) is 6.07 Å². The van der Waals surface area contributed by atoms with Crippen LogP contribution in [0.3, 0.4) is 0 Å². The highest BCUT2D eigenvalue weighted by atomic mass is 16.5. The smallest absolute Gasteiger partial charge is 0.253 e. The molecule has 1 aromatic carbocycles. The molecule has 0 radical (unpaired) electrons. The molecule has 2 rings (SSSR count). The van der Waals surface area contributed by atoms with Crippen LogP contribution in [0.5, 0.6) is 5.75 Å². The molecule has 1 saturated heterocycles. The van der Waals surface area contributed by atoms with E-state index in [4.69, 9.17) is 10.5 Å². The topological polar surface area (TPSA) is 55.6 Å². The summed E-state index contributed by atoms with van der Waals surface area (Å²) < 4.78 is 5.27. The van der Waals surface area contributed by atoms with Gasteiger partial charge in [-0.05, 0) is 49.9 Å². The number of nitrogens with two attached hydrogens (primary N) is 1. The maximum Gasteiger partial charge on any atom is 0.253 e. The molecule has 1 fully saturated rings. The number of nitrogens with zero attached hydrogens (tertiary/aromatic N) is 1. The van der Waals surface area contributed by atoms with Gasteiger partial charge in [-0.15, -0.1) is 0 Å². The van der Waals surface area contributed by atoms with E-state index in [2.05, 4.69) is 0 Å². The first-order valence-corrected chi connectivity index (χ1v) is 6.79. The van der Waals surface area contributed by atoms with Crippen LogP contribution in [0.15, 0.2) is 18.2 Å². The molecular formula is C15H22N2O2. The molecule has 1 atom stereocenters. The lowest BCUT2D eigenvalue weighted by molar-refractivity contribution is 0.0678. The first-order chi connectivity index (χ1) is 9.15. The Kier molecular flexibility index (Phi) is 4.43. The van der Waals surface area contributed by atoms with E-state index in [9.17, 15) is 4.79 Å². The lowest BCUT2D eigenvalue weighted by atomic mass is 9.97. The zero-order valence-corrected chi connectivity index (χ0v) is 11.7. The largest absolute Gasteiger partial charge is 0.496 e. The number of ether oxygens (including phenoxy) is 1. The molecule has 4 nitrogen and oxygen atoms in total. The molecule has 104 valence electrons. The first kappa shape index (κ1) is 13.9. The maximum absolute atomic E-state index is 12.5. The molecule has 4 heteroatoms. The van der Waals surface area contributed by atoms with Crippen LogP contribution in [-0.2, 0) is 0 Å². The van der Waals surface area contributed by atoms with E-state index in [0.29, 0.717) is 18.0 Å². The highest BCUT2D eigenvalue weighted by molar-refractivity contribution is 5.94. The Morgan fingerprint density at radius 1 is 1.53 bits per heavy atom. The number of amides is 1. The average Bonchev–Trinajstić information content (AvgIpc) is 2.47. The number of carbonyl (C=O) groups excluding carboxylic acids is 1. The SMILES string of the molecule is COc1cc(C(=O)N2CCCC(CN)C2)ccc1C. The number of carbonyl (C=O) groups is 1. The summed E-state index contributed by atoms with van der Waals surface area (Å²) in [5.41, 5.74) is 7.45. The number of rotatable bonds is 3. The molecule has 1 heterocycles. The van der Waals surface area contributed by atoms with Crippen LogP contribution in [0, 0.1) is 12.8 Å². The van der Waals surface area contributed by atoms with Crippen LogP contribution in [0.2, 0.25) is 0 Å². The fourth-order valence-electron chi connectivity index (χ4n) is 2.58. The summed E-state index contributed by atoms with van der Waals surface area (Å²) in [6.07, 6.45) is 2.16. The zero-order valence-electron chi connectivity index (χ0n) is 11.7. The first-order valence-electron chi connectivity index (χ1n) is 6.79. The van der Waals surface area contributed by atoms with Gasteiger partial charge in [0.05, 0.1) is 7.11 Å². The number of piperidine rings is 1. The zero-order chi connectivity index (χ0) is 13.8. The minimum atomic E-state index is 0.0800. The van der Waals surface area contributed by atoms with Gasteiger partial charge in [-0.25, -0.2) is 0 Å². The molecule has 1 unspecified atom stereocenters. The molecular weight excluding hydrogens is 240 g/mol. The number of likely N-dealkylation sites (tertiary alicyclic amines) is 1. The molecule has 1 amide bonds. The van der Waals surface area contributed by atoms with Crippen molar-refractivity contribution < 1.29 is 9.53 Å². The maximum atomic E-state index is 12.5. The van der Waals surface area contributed by atoms with Gasteiger partial charge in [0.15, 0.2) is 0 Å².